The summed E-state index contributed by atoms with van der Waals surface area (Å²) in [5.74, 6) is -4.10. The third kappa shape index (κ3) is 8.32. The van der Waals surface area contributed by atoms with Crippen molar-refractivity contribution in [1.29, 1.82) is 0 Å². The minimum Gasteiger partial charge on any atom is -0.481 e. The minimum absolute atomic E-state index is 0.141. The summed E-state index contributed by atoms with van der Waals surface area (Å²) in [7, 11) is 0. The summed E-state index contributed by atoms with van der Waals surface area (Å²) in [5, 5.41) is 9.05. The van der Waals surface area contributed by atoms with Crippen LogP contribution in [0.15, 0.2) is 0 Å². The Morgan fingerprint density at radius 1 is 0.905 bits per heavy atom. The first-order chi connectivity index (χ1) is 9.65. The molecule has 0 fully saturated rings. The second kappa shape index (κ2) is 9.37. The van der Waals surface area contributed by atoms with Crippen LogP contribution < -0.4 is 0 Å². The summed E-state index contributed by atoms with van der Waals surface area (Å²) >= 11 is 0. The van der Waals surface area contributed by atoms with E-state index in [0.717, 1.165) is 0 Å². The maximum atomic E-state index is 12.0. The predicted octanol–water partition coefficient (Wildman–Crippen LogP) is 2.11. The highest BCUT2D eigenvalue weighted by atomic mass is 16.5. The van der Waals surface area contributed by atoms with Crippen molar-refractivity contribution in [2.45, 2.75) is 41.0 Å². The van der Waals surface area contributed by atoms with Gasteiger partial charge in [-0.1, -0.05) is 34.6 Å². The average molecular weight is 302 g/mol. The SMILES string of the molecule is CC(C)COC(=O)CC(C(=O)OCC(C)C)C(C)C(=O)O. The van der Waals surface area contributed by atoms with Crippen LogP contribution in [0.4, 0.5) is 0 Å². The second-order valence-electron chi connectivity index (χ2n) is 6.04. The Morgan fingerprint density at radius 3 is 1.81 bits per heavy atom. The lowest BCUT2D eigenvalue weighted by Crippen LogP contribution is -2.32. The van der Waals surface area contributed by atoms with Crippen LogP contribution in [0.25, 0.3) is 0 Å². The Kier molecular flexibility index (Phi) is 8.66. The summed E-state index contributed by atoms with van der Waals surface area (Å²) in [6, 6.07) is 0. The van der Waals surface area contributed by atoms with Gasteiger partial charge in [-0.3, -0.25) is 14.4 Å². The van der Waals surface area contributed by atoms with E-state index in [1.165, 1.54) is 6.92 Å². The van der Waals surface area contributed by atoms with Gasteiger partial charge in [0.2, 0.25) is 0 Å². The monoisotopic (exact) mass is 302 g/mol. The van der Waals surface area contributed by atoms with E-state index in [9.17, 15) is 14.4 Å². The van der Waals surface area contributed by atoms with E-state index in [2.05, 4.69) is 0 Å². The number of esters is 2. The topological polar surface area (TPSA) is 89.9 Å². The number of ether oxygens (including phenoxy) is 2. The summed E-state index contributed by atoms with van der Waals surface area (Å²) < 4.78 is 10.1. The predicted molar refractivity (Wildman–Crippen MR) is 76.5 cm³/mol. The van der Waals surface area contributed by atoms with Crippen LogP contribution >= 0.6 is 0 Å². The molecular formula is C15H26O6. The molecule has 6 nitrogen and oxygen atoms in total. The average Bonchev–Trinajstić information content (AvgIpc) is 2.38. The summed E-state index contributed by atoms with van der Waals surface area (Å²) in [4.78, 5) is 34.7. The van der Waals surface area contributed by atoms with E-state index in [-0.39, 0.29) is 31.5 Å². The van der Waals surface area contributed by atoms with Crippen molar-refractivity contribution in [3.63, 3.8) is 0 Å². The Hall–Kier alpha value is -1.59. The smallest absolute Gasteiger partial charge is 0.310 e. The number of carboxylic acids is 1. The van der Waals surface area contributed by atoms with Gasteiger partial charge in [0.1, 0.15) is 0 Å². The Labute approximate surface area is 125 Å². The van der Waals surface area contributed by atoms with Gasteiger partial charge in [0.05, 0.1) is 31.5 Å². The van der Waals surface area contributed by atoms with E-state index in [1.54, 1.807) is 0 Å². The summed E-state index contributed by atoms with van der Waals surface area (Å²) in [5.41, 5.74) is 0. The summed E-state index contributed by atoms with van der Waals surface area (Å²) in [6.45, 7) is 9.36. The second-order valence-corrected chi connectivity index (χ2v) is 6.04. The lowest BCUT2D eigenvalue weighted by atomic mass is 9.91. The maximum absolute atomic E-state index is 12.0. The molecule has 6 heteroatoms. The molecule has 0 aliphatic rings. The van der Waals surface area contributed by atoms with Crippen molar-refractivity contribution in [2.24, 2.45) is 23.7 Å². The molecule has 0 aromatic carbocycles. The van der Waals surface area contributed by atoms with E-state index < -0.39 is 29.7 Å². The molecule has 0 heterocycles. The lowest BCUT2D eigenvalue weighted by molar-refractivity contribution is -0.162. The van der Waals surface area contributed by atoms with Gasteiger partial charge in [0.25, 0.3) is 0 Å². The molecule has 0 rings (SSSR count). The van der Waals surface area contributed by atoms with Crippen molar-refractivity contribution in [3.8, 4) is 0 Å². The molecule has 0 aliphatic heterocycles. The molecule has 0 spiro atoms. The number of carboxylic acid groups (broad SMARTS) is 1. The summed E-state index contributed by atoms with van der Waals surface area (Å²) in [6.07, 6.45) is -0.281. The molecule has 1 N–H and O–H groups in total. The van der Waals surface area contributed by atoms with Crippen LogP contribution in [0.1, 0.15) is 41.0 Å². The zero-order valence-corrected chi connectivity index (χ0v) is 13.4. The van der Waals surface area contributed by atoms with E-state index in [4.69, 9.17) is 14.6 Å². The van der Waals surface area contributed by atoms with Crippen LogP contribution in [-0.2, 0) is 23.9 Å². The normalized spacial score (nSPS) is 13.9. The van der Waals surface area contributed by atoms with Crippen molar-refractivity contribution >= 4 is 17.9 Å². The first-order valence-corrected chi connectivity index (χ1v) is 7.20. The van der Waals surface area contributed by atoms with Gasteiger partial charge in [0.15, 0.2) is 0 Å². The highest BCUT2D eigenvalue weighted by Crippen LogP contribution is 2.19. The molecule has 0 radical (unpaired) electrons. The van der Waals surface area contributed by atoms with Crippen molar-refractivity contribution in [3.05, 3.63) is 0 Å². The highest BCUT2D eigenvalue weighted by molar-refractivity contribution is 5.85. The van der Waals surface area contributed by atoms with Crippen molar-refractivity contribution in [1.82, 2.24) is 0 Å². The lowest BCUT2D eigenvalue weighted by Gasteiger charge is -2.19. The number of aliphatic carboxylic acids is 1. The largest absolute Gasteiger partial charge is 0.481 e. The molecule has 0 bridgehead atoms. The molecule has 0 aromatic rings. The molecule has 0 aliphatic carbocycles. The third-order valence-electron chi connectivity index (χ3n) is 2.82. The zero-order chi connectivity index (χ0) is 16.6. The van der Waals surface area contributed by atoms with Gasteiger partial charge in [-0.15, -0.1) is 0 Å². The number of carbonyl (C=O) groups is 3. The molecule has 122 valence electrons. The van der Waals surface area contributed by atoms with Crippen molar-refractivity contribution < 1.29 is 29.0 Å². The fourth-order valence-corrected chi connectivity index (χ4v) is 1.49. The van der Waals surface area contributed by atoms with Crippen LogP contribution in [0.3, 0.4) is 0 Å². The Bertz CT molecular complexity index is 361. The molecule has 2 atom stereocenters. The fourth-order valence-electron chi connectivity index (χ4n) is 1.49. The van der Waals surface area contributed by atoms with Gasteiger partial charge in [-0.05, 0) is 11.8 Å². The Balaban J connectivity index is 4.70. The van der Waals surface area contributed by atoms with Gasteiger partial charge >= 0.3 is 17.9 Å². The standard InChI is InChI=1S/C15H26O6/c1-9(2)7-20-13(16)6-12(11(5)14(17)18)15(19)21-8-10(3)4/h9-12H,6-8H2,1-5H3,(H,17,18). The van der Waals surface area contributed by atoms with Crippen LogP contribution in [0.5, 0.6) is 0 Å². The number of carbonyl (C=O) groups excluding carboxylic acids is 2. The van der Waals surface area contributed by atoms with Gasteiger partial charge in [-0.2, -0.15) is 0 Å². The van der Waals surface area contributed by atoms with Crippen LogP contribution in [0, 0.1) is 23.7 Å². The van der Waals surface area contributed by atoms with E-state index in [0.29, 0.717) is 0 Å². The number of hydrogen-bond donors (Lipinski definition) is 1. The molecule has 0 saturated carbocycles. The first kappa shape index (κ1) is 19.4. The molecular weight excluding hydrogens is 276 g/mol. The van der Waals surface area contributed by atoms with Gasteiger partial charge in [-0.25, -0.2) is 0 Å². The fraction of sp³-hybridized carbons (Fsp3) is 0.800. The minimum atomic E-state index is -1.14. The van der Waals surface area contributed by atoms with E-state index in [1.807, 2.05) is 27.7 Å². The highest BCUT2D eigenvalue weighted by Gasteiger charge is 2.34. The molecule has 2 unspecified atom stereocenters. The van der Waals surface area contributed by atoms with Crippen LogP contribution in [0.2, 0.25) is 0 Å². The van der Waals surface area contributed by atoms with Crippen molar-refractivity contribution in [2.75, 3.05) is 13.2 Å². The first-order valence-electron chi connectivity index (χ1n) is 7.20. The zero-order valence-electron chi connectivity index (χ0n) is 13.4. The van der Waals surface area contributed by atoms with E-state index >= 15 is 0 Å². The molecule has 0 aromatic heterocycles. The number of hydrogen-bond acceptors (Lipinski definition) is 5. The molecule has 21 heavy (non-hydrogen) atoms. The van der Waals surface area contributed by atoms with Gasteiger partial charge in [0, 0.05) is 0 Å². The van der Waals surface area contributed by atoms with Crippen LogP contribution in [-0.4, -0.2) is 36.2 Å². The molecule has 0 saturated heterocycles. The van der Waals surface area contributed by atoms with Gasteiger partial charge < -0.3 is 14.6 Å². The maximum Gasteiger partial charge on any atom is 0.310 e. The Morgan fingerprint density at radius 2 is 1.38 bits per heavy atom. The quantitative estimate of drug-likeness (QED) is 0.656. The molecule has 0 amide bonds. The number of rotatable bonds is 9. The third-order valence-corrected chi connectivity index (χ3v) is 2.82.